The van der Waals surface area contributed by atoms with Crippen molar-refractivity contribution in [3.63, 3.8) is 0 Å². The van der Waals surface area contributed by atoms with Crippen molar-refractivity contribution < 1.29 is 9.90 Å². The van der Waals surface area contributed by atoms with Crippen molar-refractivity contribution in [1.82, 2.24) is 5.32 Å². The summed E-state index contributed by atoms with van der Waals surface area (Å²) >= 11 is 16.5. The molecule has 18 heavy (non-hydrogen) atoms. The first-order chi connectivity index (χ1) is 8.31. The highest BCUT2D eigenvalue weighted by Gasteiger charge is 2.12. The van der Waals surface area contributed by atoms with E-state index in [1.807, 2.05) is 0 Å². The lowest BCUT2D eigenvalue weighted by Crippen LogP contribution is -2.36. The van der Waals surface area contributed by atoms with Gasteiger partial charge in [0, 0.05) is 10.9 Å². The van der Waals surface area contributed by atoms with Gasteiger partial charge in [-0.15, -0.1) is 0 Å². The van der Waals surface area contributed by atoms with Gasteiger partial charge in [-0.1, -0.05) is 37.0 Å². The lowest BCUT2D eigenvalue weighted by Gasteiger charge is -2.13. The number of amides is 1. The van der Waals surface area contributed by atoms with Gasteiger partial charge in [-0.05, 0) is 24.4 Å². The second kappa shape index (κ2) is 6.22. The van der Waals surface area contributed by atoms with E-state index < -0.39 is 0 Å². The van der Waals surface area contributed by atoms with E-state index in [1.165, 1.54) is 12.1 Å². The second-order valence-electron chi connectivity index (χ2n) is 3.88. The molecule has 0 spiro atoms. The van der Waals surface area contributed by atoms with Crippen molar-refractivity contribution >= 4 is 52.1 Å². The molecule has 0 unspecified atom stereocenters. The molecular weight excluding hydrogens is 295 g/mol. The number of benzene rings is 1. The Bertz CT molecular complexity index is 492. The summed E-state index contributed by atoms with van der Waals surface area (Å²) in [5.41, 5.74) is 0.238. The summed E-state index contributed by atoms with van der Waals surface area (Å²) in [5.74, 6) is -0.594. The number of nitrogens with one attached hydrogen (secondary N) is 2. The zero-order chi connectivity index (χ0) is 13.9. The quantitative estimate of drug-likeness (QED) is 0.580. The minimum atomic E-state index is -0.222. The molecule has 0 aliphatic carbocycles. The Morgan fingerprint density at radius 3 is 2.56 bits per heavy atom. The van der Waals surface area contributed by atoms with Gasteiger partial charge >= 0.3 is 0 Å². The first kappa shape index (κ1) is 15.0. The Morgan fingerprint density at radius 2 is 2.00 bits per heavy atom. The third kappa shape index (κ3) is 4.01. The summed E-state index contributed by atoms with van der Waals surface area (Å²) < 4.78 is 0. The number of phenolic OH excluding ortho intramolecular Hbond substituents is 1. The van der Waals surface area contributed by atoms with Gasteiger partial charge in [0.05, 0.1) is 10.7 Å². The van der Waals surface area contributed by atoms with Gasteiger partial charge in [0.2, 0.25) is 5.91 Å². The summed E-state index contributed by atoms with van der Waals surface area (Å²) in [6.07, 6.45) is 0. The van der Waals surface area contributed by atoms with Crippen LogP contribution in [0.2, 0.25) is 10.0 Å². The van der Waals surface area contributed by atoms with E-state index in [4.69, 9.17) is 35.4 Å². The Balaban J connectivity index is 2.79. The van der Waals surface area contributed by atoms with Crippen LogP contribution >= 0.6 is 35.4 Å². The van der Waals surface area contributed by atoms with Gasteiger partial charge in [0.25, 0.3) is 0 Å². The molecule has 3 N–H and O–H groups in total. The maximum absolute atomic E-state index is 11.4. The molecule has 0 aromatic heterocycles. The van der Waals surface area contributed by atoms with Gasteiger partial charge in [0.1, 0.15) is 0 Å². The van der Waals surface area contributed by atoms with Crippen molar-refractivity contribution in [2.75, 3.05) is 5.32 Å². The zero-order valence-electron chi connectivity index (χ0n) is 9.75. The first-order valence-electron chi connectivity index (χ1n) is 5.11. The topological polar surface area (TPSA) is 61.4 Å². The molecular formula is C11H12Cl2N2O2S. The molecule has 0 aliphatic rings. The number of phenols is 1. The highest BCUT2D eigenvalue weighted by molar-refractivity contribution is 7.80. The van der Waals surface area contributed by atoms with Crippen molar-refractivity contribution in [3.8, 4) is 5.75 Å². The second-order valence-corrected chi connectivity index (χ2v) is 5.13. The molecule has 0 radical (unpaired) electrons. The van der Waals surface area contributed by atoms with Gasteiger partial charge < -0.3 is 15.7 Å². The van der Waals surface area contributed by atoms with E-state index in [0.29, 0.717) is 5.02 Å². The zero-order valence-corrected chi connectivity index (χ0v) is 12.1. The van der Waals surface area contributed by atoms with Crippen molar-refractivity contribution in [2.24, 2.45) is 5.92 Å². The van der Waals surface area contributed by atoms with Crippen LogP contribution in [0.5, 0.6) is 5.75 Å². The third-order valence-electron chi connectivity index (χ3n) is 2.04. The molecule has 4 nitrogen and oxygen atoms in total. The molecule has 1 aromatic rings. The van der Waals surface area contributed by atoms with Crippen LogP contribution in [0.15, 0.2) is 12.1 Å². The number of thiocarbonyl (C=S) groups is 1. The smallest absolute Gasteiger partial charge is 0.228 e. The van der Waals surface area contributed by atoms with Crippen LogP contribution in [-0.4, -0.2) is 16.1 Å². The van der Waals surface area contributed by atoms with E-state index in [1.54, 1.807) is 13.8 Å². The lowest BCUT2D eigenvalue weighted by atomic mass is 10.2. The Labute approximate surface area is 120 Å². The standard InChI is InChI=1S/C11H12Cl2N2O2S/c1-5(2)10(17)15-11(18)14-8-4-6(12)3-7(13)9(8)16/h3-5,16H,1-2H3,(H2,14,15,17,18). The Morgan fingerprint density at radius 1 is 1.39 bits per heavy atom. The molecule has 0 aliphatic heterocycles. The predicted molar refractivity (Wildman–Crippen MR) is 77.3 cm³/mol. The molecule has 1 rings (SSSR count). The predicted octanol–water partition coefficient (Wildman–Crippen LogP) is 3.17. The molecule has 0 heterocycles. The number of hydrogen-bond donors (Lipinski definition) is 3. The van der Waals surface area contributed by atoms with Crippen molar-refractivity contribution in [3.05, 3.63) is 22.2 Å². The number of hydrogen-bond acceptors (Lipinski definition) is 3. The Kier molecular flexibility index (Phi) is 5.19. The summed E-state index contributed by atoms with van der Waals surface area (Å²) in [7, 11) is 0. The minimum absolute atomic E-state index is 0.0716. The summed E-state index contributed by atoms with van der Waals surface area (Å²) in [5, 5.41) is 15.3. The monoisotopic (exact) mass is 306 g/mol. The van der Waals surface area contributed by atoms with E-state index in [0.717, 1.165) is 0 Å². The summed E-state index contributed by atoms with van der Waals surface area (Å²) in [6.45, 7) is 3.48. The number of anilines is 1. The van der Waals surface area contributed by atoms with Crippen LogP contribution in [-0.2, 0) is 4.79 Å². The first-order valence-corrected chi connectivity index (χ1v) is 6.27. The van der Waals surface area contributed by atoms with E-state index >= 15 is 0 Å². The van der Waals surface area contributed by atoms with Gasteiger partial charge in [0.15, 0.2) is 10.9 Å². The fourth-order valence-electron chi connectivity index (χ4n) is 1.07. The average molecular weight is 307 g/mol. The van der Waals surface area contributed by atoms with Crippen LogP contribution in [0.3, 0.4) is 0 Å². The van der Waals surface area contributed by atoms with Crippen molar-refractivity contribution in [1.29, 1.82) is 0 Å². The fourth-order valence-corrected chi connectivity index (χ4v) is 1.78. The van der Waals surface area contributed by atoms with E-state index in [-0.39, 0.29) is 33.4 Å². The van der Waals surface area contributed by atoms with Crippen LogP contribution in [0.1, 0.15) is 13.8 Å². The van der Waals surface area contributed by atoms with Gasteiger partial charge in [-0.25, -0.2) is 0 Å². The van der Waals surface area contributed by atoms with E-state index in [9.17, 15) is 9.90 Å². The SMILES string of the molecule is CC(C)C(=O)NC(=S)Nc1cc(Cl)cc(Cl)c1O. The number of carbonyl (C=O) groups excluding carboxylic acids is 1. The third-order valence-corrected chi connectivity index (χ3v) is 2.75. The minimum Gasteiger partial charge on any atom is -0.504 e. The number of carbonyl (C=O) groups is 1. The summed E-state index contributed by atoms with van der Waals surface area (Å²) in [6, 6.07) is 2.86. The molecule has 0 atom stereocenters. The van der Waals surface area contributed by atoms with Crippen LogP contribution < -0.4 is 10.6 Å². The van der Waals surface area contributed by atoms with Crippen LogP contribution in [0, 0.1) is 5.92 Å². The molecule has 0 fully saturated rings. The molecule has 0 bridgehead atoms. The number of rotatable bonds is 2. The average Bonchev–Trinajstić information content (AvgIpc) is 2.24. The maximum atomic E-state index is 11.4. The molecule has 1 amide bonds. The molecule has 1 aromatic carbocycles. The summed E-state index contributed by atoms with van der Waals surface area (Å²) in [4.78, 5) is 11.4. The highest BCUT2D eigenvalue weighted by atomic mass is 35.5. The maximum Gasteiger partial charge on any atom is 0.228 e. The largest absolute Gasteiger partial charge is 0.504 e. The normalized spacial score (nSPS) is 10.3. The van der Waals surface area contributed by atoms with Gasteiger partial charge in [-0.3, -0.25) is 4.79 Å². The highest BCUT2D eigenvalue weighted by Crippen LogP contribution is 2.34. The van der Waals surface area contributed by atoms with Crippen LogP contribution in [0.25, 0.3) is 0 Å². The molecule has 98 valence electrons. The molecule has 0 saturated carbocycles. The van der Waals surface area contributed by atoms with E-state index in [2.05, 4.69) is 10.6 Å². The van der Waals surface area contributed by atoms with Gasteiger partial charge in [-0.2, -0.15) is 0 Å². The van der Waals surface area contributed by atoms with Crippen LogP contribution in [0.4, 0.5) is 5.69 Å². The number of halogens is 2. The lowest BCUT2D eigenvalue weighted by molar-refractivity contribution is -0.122. The Hall–Kier alpha value is -1.04. The number of aromatic hydroxyl groups is 1. The fraction of sp³-hybridized carbons (Fsp3) is 0.273. The molecule has 0 saturated heterocycles. The van der Waals surface area contributed by atoms with Crippen molar-refractivity contribution in [2.45, 2.75) is 13.8 Å². The molecule has 7 heteroatoms.